The van der Waals surface area contributed by atoms with Crippen LogP contribution >= 0.6 is 23.4 Å². The van der Waals surface area contributed by atoms with Gasteiger partial charge in [0.2, 0.25) is 0 Å². The van der Waals surface area contributed by atoms with Crippen LogP contribution in [0.2, 0.25) is 5.02 Å². The van der Waals surface area contributed by atoms with Gasteiger partial charge in [-0.05, 0) is 98.5 Å². The number of amides is 1. The standard InChI is InChI=1S/C29H30ClN3OS/c1-19-9-7-8-12-26(19)33-28(34)27(35-29(33)31-24-10-5-4-6-11-24)18-22-17-20(2)32(21(22)3)25-15-13-23(30)14-16-25/h4-6,10-11,13-19,26H,7-9,12H2,1-3H3/b27-18-,31-29?/t19-,26+/m1/s1. The Bertz CT molecular complexity index is 1290. The van der Waals surface area contributed by atoms with Gasteiger partial charge < -0.3 is 4.57 Å². The molecule has 0 bridgehead atoms. The van der Waals surface area contributed by atoms with E-state index in [0.29, 0.717) is 10.9 Å². The van der Waals surface area contributed by atoms with Crippen LogP contribution in [0.25, 0.3) is 11.8 Å². The van der Waals surface area contributed by atoms with E-state index in [2.05, 4.69) is 31.4 Å². The zero-order chi connectivity index (χ0) is 24.5. The lowest BCUT2D eigenvalue weighted by Crippen LogP contribution is -2.44. The third-order valence-electron chi connectivity index (χ3n) is 7.06. The van der Waals surface area contributed by atoms with Gasteiger partial charge >= 0.3 is 0 Å². The van der Waals surface area contributed by atoms with Gasteiger partial charge in [0, 0.05) is 28.1 Å². The lowest BCUT2D eigenvalue weighted by Gasteiger charge is -2.35. The third-order valence-corrected chi connectivity index (χ3v) is 8.29. The largest absolute Gasteiger partial charge is 0.318 e. The van der Waals surface area contributed by atoms with Crippen LogP contribution in [0.4, 0.5) is 5.69 Å². The molecule has 2 aliphatic rings. The average Bonchev–Trinajstić information content (AvgIpc) is 3.30. The number of amidine groups is 1. The topological polar surface area (TPSA) is 37.6 Å². The summed E-state index contributed by atoms with van der Waals surface area (Å²) in [4.78, 5) is 21.4. The molecule has 1 aromatic heterocycles. The zero-order valence-corrected chi connectivity index (χ0v) is 21.9. The summed E-state index contributed by atoms with van der Waals surface area (Å²) in [6.45, 7) is 6.45. The molecule has 0 N–H and O–H groups in total. The number of aliphatic imine (C=N–C) groups is 1. The maximum absolute atomic E-state index is 13.8. The number of hydrogen-bond acceptors (Lipinski definition) is 3. The number of thioether (sulfide) groups is 1. The molecule has 1 aliphatic carbocycles. The highest BCUT2D eigenvalue weighted by molar-refractivity contribution is 8.18. The second-order valence-corrected chi connectivity index (χ2v) is 10.9. The minimum Gasteiger partial charge on any atom is -0.318 e. The number of aromatic nitrogens is 1. The lowest BCUT2D eigenvalue weighted by atomic mass is 9.85. The van der Waals surface area contributed by atoms with Gasteiger partial charge in [-0.25, -0.2) is 4.99 Å². The maximum atomic E-state index is 13.8. The summed E-state index contributed by atoms with van der Waals surface area (Å²) in [5.41, 5.74) is 5.19. The Kier molecular flexibility index (Phi) is 6.90. The van der Waals surface area contributed by atoms with Crippen LogP contribution in [0.15, 0.2) is 70.6 Å². The number of hydrogen-bond donors (Lipinski definition) is 0. The van der Waals surface area contributed by atoms with Gasteiger partial charge in [0.1, 0.15) is 0 Å². The highest BCUT2D eigenvalue weighted by Gasteiger charge is 2.41. The van der Waals surface area contributed by atoms with Crippen molar-refractivity contribution < 1.29 is 4.79 Å². The average molecular weight is 504 g/mol. The van der Waals surface area contributed by atoms with Crippen LogP contribution in [0, 0.1) is 19.8 Å². The van der Waals surface area contributed by atoms with E-state index in [9.17, 15) is 4.79 Å². The number of para-hydroxylation sites is 1. The van der Waals surface area contributed by atoms with E-state index >= 15 is 0 Å². The van der Waals surface area contributed by atoms with Crippen LogP contribution in [-0.2, 0) is 4.79 Å². The Morgan fingerprint density at radius 3 is 2.46 bits per heavy atom. The van der Waals surface area contributed by atoms with Crippen molar-refractivity contribution in [2.24, 2.45) is 10.9 Å². The number of halogens is 1. The summed E-state index contributed by atoms with van der Waals surface area (Å²) in [5.74, 6) is 0.531. The molecule has 1 saturated heterocycles. The number of carbonyl (C=O) groups is 1. The van der Waals surface area contributed by atoms with Crippen molar-refractivity contribution >= 4 is 46.2 Å². The summed E-state index contributed by atoms with van der Waals surface area (Å²) in [5, 5.41) is 1.51. The quantitative estimate of drug-likeness (QED) is 0.339. The van der Waals surface area contributed by atoms with E-state index in [4.69, 9.17) is 16.6 Å². The molecule has 2 aromatic carbocycles. The Labute approximate surface area is 216 Å². The summed E-state index contributed by atoms with van der Waals surface area (Å²) in [7, 11) is 0. The second kappa shape index (κ2) is 10.1. The molecular formula is C29H30ClN3OS. The van der Waals surface area contributed by atoms with Crippen molar-refractivity contribution in [2.45, 2.75) is 52.5 Å². The predicted octanol–water partition coefficient (Wildman–Crippen LogP) is 7.93. The molecule has 1 saturated carbocycles. The van der Waals surface area contributed by atoms with Crippen LogP contribution in [0.1, 0.15) is 49.6 Å². The minimum atomic E-state index is 0.0692. The molecule has 6 heteroatoms. The van der Waals surface area contributed by atoms with Crippen molar-refractivity contribution in [3.63, 3.8) is 0 Å². The van der Waals surface area contributed by atoms with Gasteiger partial charge in [-0.15, -0.1) is 0 Å². The molecule has 2 fully saturated rings. The van der Waals surface area contributed by atoms with Crippen LogP contribution < -0.4 is 0 Å². The maximum Gasteiger partial charge on any atom is 0.267 e. The zero-order valence-electron chi connectivity index (χ0n) is 20.4. The molecule has 4 nitrogen and oxygen atoms in total. The van der Waals surface area contributed by atoms with E-state index in [1.807, 2.05) is 65.6 Å². The van der Waals surface area contributed by atoms with Gasteiger partial charge in [-0.1, -0.05) is 49.6 Å². The van der Waals surface area contributed by atoms with Gasteiger partial charge in [-0.3, -0.25) is 9.69 Å². The van der Waals surface area contributed by atoms with E-state index < -0.39 is 0 Å². The molecule has 0 spiro atoms. The second-order valence-electron chi connectivity index (χ2n) is 9.48. The van der Waals surface area contributed by atoms with E-state index in [0.717, 1.165) is 57.7 Å². The summed E-state index contributed by atoms with van der Waals surface area (Å²) >= 11 is 7.59. The van der Waals surface area contributed by atoms with Crippen LogP contribution in [-0.4, -0.2) is 26.6 Å². The SMILES string of the molecule is Cc1cc(/C=C2\SC(=Nc3ccccc3)N([C@H]3CCCC[C@H]3C)C2=O)c(C)n1-c1ccc(Cl)cc1. The first-order chi connectivity index (χ1) is 16.9. The molecular weight excluding hydrogens is 474 g/mol. The van der Waals surface area contributed by atoms with Crippen molar-refractivity contribution in [1.29, 1.82) is 0 Å². The van der Waals surface area contributed by atoms with Crippen molar-refractivity contribution in [1.82, 2.24) is 9.47 Å². The Hall–Kier alpha value is -2.76. The summed E-state index contributed by atoms with van der Waals surface area (Å²) in [6, 6.07) is 20.1. The first kappa shape index (κ1) is 24.0. The predicted molar refractivity (Wildman–Crippen MR) is 148 cm³/mol. The Balaban J connectivity index is 1.53. The Morgan fingerprint density at radius 1 is 1.03 bits per heavy atom. The van der Waals surface area contributed by atoms with Gasteiger partial charge in [0.15, 0.2) is 5.17 Å². The van der Waals surface area contributed by atoms with Crippen molar-refractivity contribution in [3.8, 4) is 5.69 Å². The molecule has 35 heavy (non-hydrogen) atoms. The Morgan fingerprint density at radius 2 is 1.74 bits per heavy atom. The van der Waals surface area contributed by atoms with E-state index in [1.165, 1.54) is 18.2 Å². The number of benzene rings is 2. The molecule has 1 amide bonds. The number of nitrogens with zero attached hydrogens (tertiary/aromatic N) is 3. The van der Waals surface area contributed by atoms with Gasteiger partial charge in [-0.2, -0.15) is 0 Å². The fourth-order valence-electron chi connectivity index (χ4n) is 5.21. The normalized spacial score (nSPS) is 23.0. The molecule has 0 unspecified atom stereocenters. The summed E-state index contributed by atoms with van der Waals surface area (Å²) in [6.07, 6.45) is 6.61. The number of carbonyl (C=O) groups excluding carboxylic acids is 1. The van der Waals surface area contributed by atoms with E-state index in [1.54, 1.807) is 0 Å². The smallest absolute Gasteiger partial charge is 0.267 e. The van der Waals surface area contributed by atoms with Gasteiger partial charge in [0.05, 0.1) is 10.6 Å². The minimum absolute atomic E-state index is 0.0692. The highest BCUT2D eigenvalue weighted by atomic mass is 35.5. The molecule has 0 radical (unpaired) electrons. The van der Waals surface area contributed by atoms with E-state index in [-0.39, 0.29) is 11.9 Å². The van der Waals surface area contributed by atoms with Crippen LogP contribution in [0.5, 0.6) is 0 Å². The first-order valence-corrected chi connectivity index (χ1v) is 13.4. The van der Waals surface area contributed by atoms with Crippen molar-refractivity contribution in [2.75, 3.05) is 0 Å². The van der Waals surface area contributed by atoms with Crippen molar-refractivity contribution in [3.05, 3.63) is 87.5 Å². The van der Waals surface area contributed by atoms with Crippen LogP contribution in [0.3, 0.4) is 0 Å². The fourth-order valence-corrected chi connectivity index (χ4v) is 6.37. The lowest BCUT2D eigenvalue weighted by molar-refractivity contribution is -0.124. The fraction of sp³-hybridized carbons (Fsp3) is 0.310. The molecule has 3 aromatic rings. The monoisotopic (exact) mass is 503 g/mol. The number of rotatable bonds is 4. The molecule has 2 atom stereocenters. The molecule has 1 aliphatic heterocycles. The highest BCUT2D eigenvalue weighted by Crippen LogP contribution is 2.40. The molecule has 2 heterocycles. The van der Waals surface area contributed by atoms with Gasteiger partial charge in [0.25, 0.3) is 5.91 Å². The molecule has 5 rings (SSSR count). The third kappa shape index (κ3) is 4.85. The molecule has 180 valence electrons. The summed E-state index contributed by atoms with van der Waals surface area (Å²) < 4.78 is 2.20. The first-order valence-electron chi connectivity index (χ1n) is 12.2. The number of aryl methyl sites for hydroxylation is 1.